The number of benzene rings is 2. The zero-order valence-electron chi connectivity index (χ0n) is 11.9. The summed E-state index contributed by atoms with van der Waals surface area (Å²) in [6.07, 6.45) is 0. The predicted molar refractivity (Wildman–Crippen MR) is 78.0 cm³/mol. The average Bonchev–Trinajstić information content (AvgIpc) is 2.37. The minimum absolute atomic E-state index is 0.111. The van der Waals surface area contributed by atoms with E-state index in [1.807, 2.05) is 32.2 Å². The molecule has 0 aliphatic rings. The highest BCUT2D eigenvalue weighted by molar-refractivity contribution is 5.41. The maximum atomic E-state index is 14.2. The summed E-state index contributed by atoms with van der Waals surface area (Å²) >= 11 is 0. The molecule has 0 bridgehead atoms. The smallest absolute Gasteiger partial charge is 0.128 e. The van der Waals surface area contributed by atoms with Gasteiger partial charge in [0.05, 0.1) is 6.04 Å². The highest BCUT2D eigenvalue weighted by atomic mass is 19.1. The van der Waals surface area contributed by atoms with Crippen molar-refractivity contribution in [2.45, 2.75) is 26.8 Å². The van der Waals surface area contributed by atoms with Crippen LogP contribution in [0.2, 0.25) is 0 Å². The summed E-state index contributed by atoms with van der Waals surface area (Å²) in [4.78, 5) is 0. The molecular weight excluding hydrogens is 237 g/mol. The largest absolute Gasteiger partial charge is 0.309 e. The van der Waals surface area contributed by atoms with Gasteiger partial charge in [0.15, 0.2) is 0 Å². The lowest BCUT2D eigenvalue weighted by atomic mass is 9.92. The molecule has 2 rings (SSSR count). The Morgan fingerprint density at radius 1 is 1.00 bits per heavy atom. The highest BCUT2D eigenvalue weighted by Gasteiger charge is 2.18. The standard InChI is InChI=1S/C17H20FN/c1-11-8-9-15(16(18)10-11)17(19-4)14-7-5-6-12(2)13(14)3/h5-10,17,19H,1-4H3. The molecule has 0 radical (unpaired) electrons. The summed E-state index contributed by atoms with van der Waals surface area (Å²) in [6.45, 7) is 6.07. The molecule has 2 aromatic rings. The van der Waals surface area contributed by atoms with E-state index >= 15 is 0 Å². The van der Waals surface area contributed by atoms with Crippen LogP contribution in [0.4, 0.5) is 4.39 Å². The van der Waals surface area contributed by atoms with Gasteiger partial charge in [-0.05, 0) is 56.1 Å². The Morgan fingerprint density at radius 2 is 1.74 bits per heavy atom. The van der Waals surface area contributed by atoms with Crippen LogP contribution in [-0.4, -0.2) is 7.05 Å². The van der Waals surface area contributed by atoms with Crippen molar-refractivity contribution in [1.29, 1.82) is 0 Å². The molecule has 0 spiro atoms. The summed E-state index contributed by atoms with van der Waals surface area (Å²) < 4.78 is 14.2. The quantitative estimate of drug-likeness (QED) is 0.874. The van der Waals surface area contributed by atoms with E-state index in [1.165, 1.54) is 11.1 Å². The molecule has 0 saturated carbocycles. The molecule has 0 fully saturated rings. The maximum Gasteiger partial charge on any atom is 0.128 e. The number of hydrogen-bond acceptors (Lipinski definition) is 1. The van der Waals surface area contributed by atoms with Gasteiger partial charge in [-0.2, -0.15) is 0 Å². The lowest BCUT2D eigenvalue weighted by Crippen LogP contribution is -2.20. The summed E-state index contributed by atoms with van der Waals surface area (Å²) in [5, 5.41) is 3.22. The lowest BCUT2D eigenvalue weighted by Gasteiger charge is -2.21. The average molecular weight is 257 g/mol. The first kappa shape index (κ1) is 13.8. The summed E-state index contributed by atoms with van der Waals surface area (Å²) in [7, 11) is 1.87. The van der Waals surface area contributed by atoms with Crippen LogP contribution in [0.1, 0.15) is 33.9 Å². The summed E-state index contributed by atoms with van der Waals surface area (Å²) in [6, 6.07) is 11.5. The number of aryl methyl sites for hydroxylation is 2. The first-order valence-electron chi connectivity index (χ1n) is 6.54. The van der Waals surface area contributed by atoms with Crippen molar-refractivity contribution in [2.75, 3.05) is 7.05 Å². The molecule has 2 heteroatoms. The van der Waals surface area contributed by atoms with Crippen molar-refractivity contribution in [3.05, 3.63) is 70.0 Å². The predicted octanol–water partition coefficient (Wildman–Crippen LogP) is 4.06. The molecule has 0 aromatic heterocycles. The topological polar surface area (TPSA) is 12.0 Å². The molecule has 1 unspecified atom stereocenters. The molecule has 1 atom stereocenters. The monoisotopic (exact) mass is 257 g/mol. The second-order valence-electron chi connectivity index (χ2n) is 5.04. The van der Waals surface area contributed by atoms with E-state index in [-0.39, 0.29) is 11.9 Å². The van der Waals surface area contributed by atoms with Gasteiger partial charge < -0.3 is 5.32 Å². The molecule has 19 heavy (non-hydrogen) atoms. The van der Waals surface area contributed by atoms with Crippen molar-refractivity contribution in [1.82, 2.24) is 5.32 Å². The van der Waals surface area contributed by atoms with Crippen molar-refractivity contribution in [2.24, 2.45) is 0 Å². The van der Waals surface area contributed by atoms with E-state index in [2.05, 4.69) is 31.3 Å². The van der Waals surface area contributed by atoms with E-state index in [9.17, 15) is 4.39 Å². The Balaban J connectivity index is 2.53. The maximum absolute atomic E-state index is 14.2. The molecule has 0 aliphatic heterocycles. The molecule has 2 aromatic carbocycles. The van der Waals surface area contributed by atoms with Crippen molar-refractivity contribution in [3.8, 4) is 0 Å². The minimum Gasteiger partial charge on any atom is -0.309 e. The Hall–Kier alpha value is -1.67. The Labute approximate surface area is 114 Å². The van der Waals surface area contributed by atoms with Crippen molar-refractivity contribution in [3.63, 3.8) is 0 Å². The van der Waals surface area contributed by atoms with Crippen LogP contribution in [-0.2, 0) is 0 Å². The number of hydrogen-bond donors (Lipinski definition) is 1. The fourth-order valence-corrected chi connectivity index (χ4v) is 2.43. The molecule has 0 aliphatic carbocycles. The minimum atomic E-state index is -0.153. The zero-order chi connectivity index (χ0) is 14.0. The van der Waals surface area contributed by atoms with Gasteiger partial charge in [-0.1, -0.05) is 30.3 Å². The van der Waals surface area contributed by atoms with Gasteiger partial charge in [0.25, 0.3) is 0 Å². The molecule has 0 heterocycles. The third-order valence-corrected chi connectivity index (χ3v) is 3.71. The van der Waals surface area contributed by atoms with Gasteiger partial charge in [-0.15, -0.1) is 0 Å². The van der Waals surface area contributed by atoms with E-state index in [4.69, 9.17) is 0 Å². The van der Waals surface area contributed by atoms with Gasteiger partial charge in [0.1, 0.15) is 5.82 Å². The van der Waals surface area contributed by atoms with Gasteiger partial charge >= 0.3 is 0 Å². The zero-order valence-corrected chi connectivity index (χ0v) is 11.9. The van der Waals surface area contributed by atoms with Crippen LogP contribution < -0.4 is 5.32 Å². The Kier molecular flexibility index (Phi) is 4.01. The molecule has 100 valence electrons. The van der Waals surface area contributed by atoms with Crippen LogP contribution in [0.25, 0.3) is 0 Å². The van der Waals surface area contributed by atoms with Crippen LogP contribution >= 0.6 is 0 Å². The second-order valence-corrected chi connectivity index (χ2v) is 5.04. The number of rotatable bonds is 3. The fraction of sp³-hybridized carbons (Fsp3) is 0.294. The Bertz CT molecular complexity index is 590. The van der Waals surface area contributed by atoms with Gasteiger partial charge in [-0.25, -0.2) is 4.39 Å². The SMILES string of the molecule is CNC(c1ccc(C)cc1F)c1cccc(C)c1C. The molecule has 1 nitrogen and oxygen atoms in total. The summed E-state index contributed by atoms with van der Waals surface area (Å²) in [5.41, 5.74) is 5.20. The molecular formula is C17H20FN. The van der Waals surface area contributed by atoms with E-state index in [0.29, 0.717) is 5.56 Å². The van der Waals surface area contributed by atoms with Crippen LogP contribution in [0.3, 0.4) is 0 Å². The number of nitrogens with one attached hydrogen (secondary N) is 1. The van der Waals surface area contributed by atoms with Crippen LogP contribution in [0.15, 0.2) is 36.4 Å². The number of halogens is 1. The Morgan fingerprint density at radius 3 is 2.37 bits per heavy atom. The lowest BCUT2D eigenvalue weighted by molar-refractivity contribution is 0.574. The third kappa shape index (κ3) is 2.69. The van der Waals surface area contributed by atoms with Crippen molar-refractivity contribution >= 4 is 0 Å². The van der Waals surface area contributed by atoms with Gasteiger partial charge in [-0.3, -0.25) is 0 Å². The molecule has 0 amide bonds. The van der Waals surface area contributed by atoms with Gasteiger partial charge in [0, 0.05) is 5.56 Å². The van der Waals surface area contributed by atoms with Crippen molar-refractivity contribution < 1.29 is 4.39 Å². The van der Waals surface area contributed by atoms with E-state index in [0.717, 1.165) is 11.1 Å². The normalized spacial score (nSPS) is 12.5. The first-order chi connectivity index (χ1) is 9.04. The molecule has 1 N–H and O–H groups in total. The first-order valence-corrected chi connectivity index (χ1v) is 6.54. The van der Waals surface area contributed by atoms with E-state index in [1.54, 1.807) is 6.07 Å². The van der Waals surface area contributed by atoms with Crippen LogP contribution in [0.5, 0.6) is 0 Å². The fourth-order valence-electron chi connectivity index (χ4n) is 2.43. The van der Waals surface area contributed by atoms with E-state index < -0.39 is 0 Å². The highest BCUT2D eigenvalue weighted by Crippen LogP contribution is 2.28. The van der Waals surface area contributed by atoms with Crippen LogP contribution in [0, 0.1) is 26.6 Å². The second kappa shape index (κ2) is 5.54. The molecule has 0 saturated heterocycles. The third-order valence-electron chi connectivity index (χ3n) is 3.71. The van der Waals surface area contributed by atoms with Gasteiger partial charge in [0.2, 0.25) is 0 Å². The summed E-state index contributed by atoms with van der Waals surface area (Å²) in [5.74, 6) is -0.153.